The van der Waals surface area contributed by atoms with E-state index in [1.807, 2.05) is 19.9 Å². The van der Waals surface area contributed by atoms with Gasteiger partial charge in [0.05, 0.1) is 12.1 Å². The number of aromatic nitrogens is 1. The van der Waals surface area contributed by atoms with Crippen LogP contribution < -0.4 is 16.0 Å². The van der Waals surface area contributed by atoms with Gasteiger partial charge in [-0.3, -0.25) is 4.79 Å². The fourth-order valence-corrected chi connectivity index (χ4v) is 2.35. The van der Waals surface area contributed by atoms with Crippen molar-refractivity contribution in [2.24, 2.45) is 4.99 Å². The van der Waals surface area contributed by atoms with Crippen LogP contribution in [0.3, 0.4) is 0 Å². The predicted molar refractivity (Wildman–Crippen MR) is 106 cm³/mol. The topological polar surface area (TPSA) is 78.4 Å². The van der Waals surface area contributed by atoms with Gasteiger partial charge in [0.1, 0.15) is 5.82 Å². The van der Waals surface area contributed by atoms with Crippen molar-refractivity contribution in [3.63, 3.8) is 0 Å². The van der Waals surface area contributed by atoms with E-state index < -0.39 is 11.7 Å². The van der Waals surface area contributed by atoms with Gasteiger partial charge in [-0.15, -0.1) is 0 Å². The molecule has 0 radical (unpaired) electrons. The van der Waals surface area contributed by atoms with Crippen LogP contribution in [0.15, 0.2) is 47.6 Å². The summed E-state index contributed by atoms with van der Waals surface area (Å²) in [7, 11) is 0. The quantitative estimate of drug-likeness (QED) is 0.485. The number of guanidine groups is 1. The van der Waals surface area contributed by atoms with Crippen molar-refractivity contribution in [2.75, 3.05) is 18.4 Å². The zero-order chi connectivity index (χ0) is 21.3. The van der Waals surface area contributed by atoms with Crippen LogP contribution in [0.4, 0.5) is 19.0 Å². The molecule has 0 bridgehead atoms. The number of aliphatic imine (C=N–C) groups is 1. The predicted octanol–water partition coefficient (Wildman–Crippen LogP) is 3.49. The number of amides is 1. The number of pyridine rings is 1. The number of aryl methyl sites for hydroxylation is 1. The minimum Gasteiger partial charge on any atom is -0.357 e. The second-order valence-electron chi connectivity index (χ2n) is 6.34. The van der Waals surface area contributed by atoms with E-state index >= 15 is 0 Å². The number of nitrogens with one attached hydrogen (secondary N) is 3. The molecule has 0 aliphatic rings. The molecule has 2 rings (SSSR count). The third-order valence-corrected chi connectivity index (χ3v) is 3.87. The number of carbonyl (C=O) groups is 1. The van der Waals surface area contributed by atoms with Gasteiger partial charge in [0.25, 0.3) is 0 Å². The highest BCUT2D eigenvalue weighted by molar-refractivity contribution is 5.90. The van der Waals surface area contributed by atoms with Crippen molar-refractivity contribution in [1.82, 2.24) is 15.6 Å². The minimum absolute atomic E-state index is 0.188. The summed E-state index contributed by atoms with van der Waals surface area (Å²) in [5, 5.41) is 8.77. The first-order valence-electron chi connectivity index (χ1n) is 9.18. The summed E-state index contributed by atoms with van der Waals surface area (Å²) in [6.45, 7) is 4.97. The molecular formula is C20H24F3N5O. The Hall–Kier alpha value is -3.10. The Morgan fingerprint density at radius 2 is 1.83 bits per heavy atom. The highest BCUT2D eigenvalue weighted by Crippen LogP contribution is 2.29. The summed E-state index contributed by atoms with van der Waals surface area (Å²) in [4.78, 5) is 20.4. The Morgan fingerprint density at radius 3 is 2.41 bits per heavy atom. The lowest BCUT2D eigenvalue weighted by Gasteiger charge is -2.12. The molecule has 9 heteroatoms. The normalized spacial score (nSPS) is 11.8. The first-order chi connectivity index (χ1) is 13.8. The van der Waals surface area contributed by atoms with Crippen LogP contribution in [0, 0.1) is 6.92 Å². The molecule has 6 nitrogen and oxygen atoms in total. The summed E-state index contributed by atoms with van der Waals surface area (Å²) < 4.78 is 37.8. The lowest BCUT2D eigenvalue weighted by Crippen LogP contribution is -2.38. The average Bonchev–Trinajstić information content (AvgIpc) is 2.67. The van der Waals surface area contributed by atoms with E-state index in [1.54, 1.807) is 12.3 Å². The van der Waals surface area contributed by atoms with Crippen LogP contribution in [-0.4, -0.2) is 29.9 Å². The number of alkyl halides is 3. The number of hydrogen-bond donors (Lipinski definition) is 3. The fourth-order valence-electron chi connectivity index (χ4n) is 2.35. The SMILES string of the molecule is CCNC(=NCc1ccc(C(F)(F)F)cc1)NCCC(=O)Nc1ccc(C)cn1. The number of carbonyl (C=O) groups excluding carboxylic acids is 1. The molecule has 2 aromatic rings. The highest BCUT2D eigenvalue weighted by atomic mass is 19.4. The first-order valence-corrected chi connectivity index (χ1v) is 9.18. The van der Waals surface area contributed by atoms with Crippen molar-refractivity contribution >= 4 is 17.7 Å². The average molecular weight is 407 g/mol. The summed E-state index contributed by atoms with van der Waals surface area (Å²) in [5.74, 6) is 0.782. The molecule has 0 fully saturated rings. The van der Waals surface area contributed by atoms with Crippen molar-refractivity contribution in [1.29, 1.82) is 0 Å². The Bertz CT molecular complexity index is 818. The number of rotatable bonds is 7. The zero-order valence-electron chi connectivity index (χ0n) is 16.3. The molecule has 0 aliphatic carbocycles. The van der Waals surface area contributed by atoms with Crippen LogP contribution in [-0.2, 0) is 17.5 Å². The Kier molecular flexibility index (Phi) is 7.99. The molecule has 0 saturated carbocycles. The van der Waals surface area contributed by atoms with Gasteiger partial charge in [0, 0.05) is 25.7 Å². The standard InChI is InChI=1S/C20H24F3N5O/c1-3-24-19(27-13-15-5-7-16(8-6-15)20(21,22)23)25-11-10-18(29)28-17-9-4-14(2)12-26-17/h4-9,12H,3,10-11,13H2,1-2H3,(H2,24,25,27)(H,26,28,29). The second-order valence-corrected chi connectivity index (χ2v) is 6.34. The van der Waals surface area contributed by atoms with E-state index in [1.165, 1.54) is 12.1 Å². The number of hydrogen-bond acceptors (Lipinski definition) is 3. The molecule has 29 heavy (non-hydrogen) atoms. The number of nitrogens with zero attached hydrogens (tertiary/aromatic N) is 2. The summed E-state index contributed by atoms with van der Waals surface area (Å²) in [6, 6.07) is 8.47. The lowest BCUT2D eigenvalue weighted by atomic mass is 10.1. The zero-order valence-corrected chi connectivity index (χ0v) is 16.3. The van der Waals surface area contributed by atoms with Gasteiger partial charge in [-0.25, -0.2) is 9.98 Å². The van der Waals surface area contributed by atoms with E-state index in [2.05, 4.69) is 25.9 Å². The molecule has 3 N–H and O–H groups in total. The third kappa shape index (κ3) is 7.81. The van der Waals surface area contributed by atoms with E-state index in [-0.39, 0.29) is 18.9 Å². The highest BCUT2D eigenvalue weighted by Gasteiger charge is 2.29. The number of halogens is 3. The van der Waals surface area contributed by atoms with Crippen molar-refractivity contribution in [3.8, 4) is 0 Å². The monoisotopic (exact) mass is 407 g/mol. The third-order valence-electron chi connectivity index (χ3n) is 3.87. The first kappa shape index (κ1) is 22.2. The Balaban J connectivity index is 1.84. The molecule has 1 heterocycles. The van der Waals surface area contributed by atoms with Gasteiger partial charge in [0.2, 0.25) is 5.91 Å². The fraction of sp³-hybridized carbons (Fsp3) is 0.350. The Morgan fingerprint density at radius 1 is 1.10 bits per heavy atom. The second kappa shape index (κ2) is 10.4. The molecule has 0 saturated heterocycles. The molecule has 0 atom stereocenters. The van der Waals surface area contributed by atoms with E-state index in [0.29, 0.717) is 30.4 Å². The van der Waals surface area contributed by atoms with Gasteiger partial charge in [-0.05, 0) is 43.2 Å². The molecule has 0 unspecified atom stereocenters. The van der Waals surface area contributed by atoms with Gasteiger partial charge in [0.15, 0.2) is 5.96 Å². The molecule has 1 aromatic heterocycles. The van der Waals surface area contributed by atoms with Crippen LogP contribution >= 0.6 is 0 Å². The van der Waals surface area contributed by atoms with Crippen LogP contribution in [0.1, 0.15) is 30.0 Å². The maximum Gasteiger partial charge on any atom is 0.416 e. The van der Waals surface area contributed by atoms with E-state index in [0.717, 1.165) is 17.7 Å². The van der Waals surface area contributed by atoms with Crippen molar-refractivity contribution in [3.05, 3.63) is 59.3 Å². The van der Waals surface area contributed by atoms with Crippen LogP contribution in [0.2, 0.25) is 0 Å². The van der Waals surface area contributed by atoms with Crippen molar-refractivity contribution in [2.45, 2.75) is 33.0 Å². The molecule has 0 aliphatic heterocycles. The minimum atomic E-state index is -4.35. The van der Waals surface area contributed by atoms with E-state index in [9.17, 15) is 18.0 Å². The molecule has 1 aromatic carbocycles. The largest absolute Gasteiger partial charge is 0.416 e. The smallest absolute Gasteiger partial charge is 0.357 e. The summed E-state index contributed by atoms with van der Waals surface area (Å²) in [6.07, 6.45) is -2.47. The van der Waals surface area contributed by atoms with E-state index in [4.69, 9.17) is 0 Å². The summed E-state index contributed by atoms with van der Waals surface area (Å²) in [5.41, 5.74) is 0.965. The Labute approximate surface area is 167 Å². The molecule has 0 spiro atoms. The van der Waals surface area contributed by atoms with Gasteiger partial charge >= 0.3 is 6.18 Å². The molecular weight excluding hydrogens is 383 g/mol. The number of anilines is 1. The van der Waals surface area contributed by atoms with Crippen LogP contribution in [0.5, 0.6) is 0 Å². The maximum atomic E-state index is 12.6. The van der Waals surface area contributed by atoms with Gasteiger partial charge in [-0.2, -0.15) is 13.2 Å². The van der Waals surface area contributed by atoms with Crippen molar-refractivity contribution < 1.29 is 18.0 Å². The van der Waals surface area contributed by atoms with Gasteiger partial charge in [-0.1, -0.05) is 18.2 Å². The van der Waals surface area contributed by atoms with Gasteiger partial charge < -0.3 is 16.0 Å². The van der Waals surface area contributed by atoms with Crippen LogP contribution in [0.25, 0.3) is 0 Å². The molecule has 156 valence electrons. The lowest BCUT2D eigenvalue weighted by molar-refractivity contribution is -0.137. The summed E-state index contributed by atoms with van der Waals surface area (Å²) >= 11 is 0. The number of benzene rings is 1. The maximum absolute atomic E-state index is 12.6. The molecule has 1 amide bonds.